The number of fused-ring (bicyclic) bond motifs is 1. The van der Waals surface area contributed by atoms with Gasteiger partial charge in [0.05, 0.1) is 6.54 Å². The molecule has 1 unspecified atom stereocenters. The van der Waals surface area contributed by atoms with Gasteiger partial charge in [0.1, 0.15) is 5.67 Å². The van der Waals surface area contributed by atoms with Crippen molar-refractivity contribution in [1.29, 1.82) is 0 Å². The lowest BCUT2D eigenvalue weighted by molar-refractivity contribution is 0.236. The van der Waals surface area contributed by atoms with Gasteiger partial charge in [0.15, 0.2) is 0 Å². The Hall–Kier alpha value is -2.44. The van der Waals surface area contributed by atoms with Gasteiger partial charge in [-0.25, -0.2) is 4.39 Å². The summed E-state index contributed by atoms with van der Waals surface area (Å²) in [5.74, 6) is 2.50. The summed E-state index contributed by atoms with van der Waals surface area (Å²) in [7, 11) is 0. The Kier molecular flexibility index (Phi) is 7.54. The van der Waals surface area contributed by atoms with Crippen LogP contribution >= 0.6 is 0 Å². The first-order valence-electron chi connectivity index (χ1n) is 9.89. The zero-order valence-corrected chi connectivity index (χ0v) is 17.4. The molecule has 1 heterocycles. The minimum Gasteiger partial charge on any atom is -0.327 e. The summed E-state index contributed by atoms with van der Waals surface area (Å²) in [6, 6.07) is 0.0477. The predicted molar refractivity (Wildman–Crippen MR) is 119 cm³/mol. The Balaban J connectivity index is 2.53. The van der Waals surface area contributed by atoms with Crippen LogP contribution in [0.2, 0.25) is 0 Å². The van der Waals surface area contributed by atoms with E-state index in [2.05, 4.69) is 24.8 Å². The van der Waals surface area contributed by atoms with E-state index >= 15 is 4.39 Å². The first-order chi connectivity index (χ1) is 13.3. The second-order valence-corrected chi connectivity index (χ2v) is 7.51. The molecule has 1 aliphatic carbocycles. The van der Waals surface area contributed by atoms with E-state index < -0.39 is 5.67 Å². The molecule has 2 aliphatic rings. The topological polar surface area (TPSA) is 38.4 Å². The van der Waals surface area contributed by atoms with Crippen molar-refractivity contribution in [3.63, 3.8) is 0 Å². The Morgan fingerprint density at radius 2 is 2.18 bits per heavy atom. The summed E-state index contributed by atoms with van der Waals surface area (Å²) in [5.41, 5.74) is 9.43. The lowest BCUT2D eigenvalue weighted by Gasteiger charge is -2.34. The van der Waals surface area contributed by atoms with Crippen molar-refractivity contribution in [1.82, 2.24) is 0 Å². The Labute approximate surface area is 169 Å². The fourth-order valence-electron chi connectivity index (χ4n) is 3.47. The Morgan fingerprint density at radius 3 is 2.82 bits per heavy atom. The van der Waals surface area contributed by atoms with Crippen LogP contribution in [0.5, 0.6) is 0 Å². The molecular weight excluding hydrogens is 347 g/mol. The highest BCUT2D eigenvalue weighted by molar-refractivity contribution is 6.06. The van der Waals surface area contributed by atoms with Crippen LogP contribution in [0.1, 0.15) is 40.5 Å². The second-order valence-electron chi connectivity index (χ2n) is 7.51. The van der Waals surface area contributed by atoms with E-state index in [1.807, 2.05) is 55.5 Å². The normalized spacial score (nSPS) is 26.8. The highest BCUT2D eigenvalue weighted by atomic mass is 19.1. The molecule has 0 amide bonds. The Morgan fingerprint density at radius 1 is 1.43 bits per heavy atom. The number of halogens is 1. The van der Waals surface area contributed by atoms with Gasteiger partial charge in [0, 0.05) is 23.2 Å². The monoisotopic (exact) mass is 378 g/mol. The van der Waals surface area contributed by atoms with Gasteiger partial charge in [-0.1, -0.05) is 55.4 Å². The molecule has 0 saturated carbocycles. The van der Waals surface area contributed by atoms with Crippen LogP contribution in [-0.4, -0.2) is 24.0 Å². The fourth-order valence-corrected chi connectivity index (χ4v) is 3.47. The van der Waals surface area contributed by atoms with Gasteiger partial charge in [-0.05, 0) is 56.4 Å². The van der Waals surface area contributed by atoms with E-state index in [4.69, 9.17) is 12.2 Å². The summed E-state index contributed by atoms with van der Waals surface area (Å²) in [5, 5.41) is 0. The third-order valence-electron chi connectivity index (χ3n) is 5.39. The molecule has 0 aromatic heterocycles. The number of nitrogens with zero attached hydrogens (tertiary/aromatic N) is 1. The number of aliphatic imine (C=N–C) groups is 1. The number of alkyl halides is 1. The summed E-state index contributed by atoms with van der Waals surface area (Å²) in [4.78, 5) is 4.66. The van der Waals surface area contributed by atoms with E-state index in [1.54, 1.807) is 6.92 Å². The molecule has 0 saturated heterocycles. The molecule has 2 N–H and O–H groups in total. The summed E-state index contributed by atoms with van der Waals surface area (Å²) in [6.07, 6.45) is 22.7. The van der Waals surface area contributed by atoms with Gasteiger partial charge in [-0.2, -0.15) is 0 Å². The molecular formula is C25H31FN2. The predicted octanol–water partition coefficient (Wildman–Crippen LogP) is 5.42. The minimum absolute atomic E-state index is 0.0477. The maximum atomic E-state index is 15.1. The minimum atomic E-state index is -1.44. The summed E-state index contributed by atoms with van der Waals surface area (Å²) >= 11 is 0. The first kappa shape index (κ1) is 21.9. The van der Waals surface area contributed by atoms with Crippen molar-refractivity contribution >= 4 is 5.71 Å². The molecule has 0 bridgehead atoms. The SMILES string of the molecule is C#CC(/C=C\C(CC(N)CC)=C(\C)C1=NC[C@](C)(F)C2=CC=CC=C[C@@H]21)=C/C. The van der Waals surface area contributed by atoms with Crippen molar-refractivity contribution in [2.75, 3.05) is 6.54 Å². The number of hydrogen-bond donors (Lipinski definition) is 1. The lowest BCUT2D eigenvalue weighted by Crippen LogP contribution is -2.38. The molecule has 0 spiro atoms. The number of rotatable bonds is 6. The van der Waals surface area contributed by atoms with Crippen LogP contribution in [0.15, 0.2) is 75.9 Å². The third-order valence-corrected chi connectivity index (χ3v) is 5.39. The van der Waals surface area contributed by atoms with Crippen LogP contribution in [0.4, 0.5) is 4.39 Å². The zero-order chi connectivity index (χ0) is 20.7. The van der Waals surface area contributed by atoms with Crippen molar-refractivity contribution in [2.45, 2.75) is 52.2 Å². The molecule has 148 valence electrons. The van der Waals surface area contributed by atoms with Crippen LogP contribution in [-0.2, 0) is 0 Å². The fraction of sp³-hybridized carbons (Fsp3) is 0.400. The largest absolute Gasteiger partial charge is 0.327 e. The van der Waals surface area contributed by atoms with Crippen molar-refractivity contribution in [3.05, 3.63) is 70.9 Å². The Bertz CT molecular complexity index is 838. The maximum absolute atomic E-state index is 15.1. The maximum Gasteiger partial charge on any atom is 0.149 e. The van der Waals surface area contributed by atoms with Gasteiger partial charge < -0.3 is 5.73 Å². The molecule has 3 heteroatoms. The van der Waals surface area contributed by atoms with Gasteiger partial charge in [0.2, 0.25) is 0 Å². The summed E-state index contributed by atoms with van der Waals surface area (Å²) < 4.78 is 15.1. The van der Waals surface area contributed by atoms with E-state index in [1.165, 1.54) is 0 Å². The van der Waals surface area contributed by atoms with Crippen molar-refractivity contribution < 1.29 is 4.39 Å². The molecule has 0 radical (unpaired) electrons. The van der Waals surface area contributed by atoms with Crippen LogP contribution in [0.25, 0.3) is 0 Å². The zero-order valence-electron chi connectivity index (χ0n) is 17.4. The number of nitrogens with two attached hydrogens (primary N) is 1. The second kappa shape index (κ2) is 9.66. The van der Waals surface area contributed by atoms with Gasteiger partial charge >= 0.3 is 0 Å². The number of allylic oxidation sites excluding steroid dienone is 10. The molecule has 1 aliphatic heterocycles. The molecule has 2 nitrogen and oxygen atoms in total. The molecule has 0 aromatic carbocycles. The van der Waals surface area contributed by atoms with Crippen molar-refractivity contribution in [2.24, 2.45) is 16.6 Å². The molecule has 2 rings (SSSR count). The van der Waals surface area contributed by atoms with Crippen LogP contribution in [0.3, 0.4) is 0 Å². The average molecular weight is 379 g/mol. The molecule has 28 heavy (non-hydrogen) atoms. The van der Waals surface area contributed by atoms with Crippen molar-refractivity contribution in [3.8, 4) is 12.3 Å². The number of hydrogen-bond acceptors (Lipinski definition) is 2. The smallest absolute Gasteiger partial charge is 0.149 e. The average Bonchev–Trinajstić information content (AvgIpc) is 2.94. The summed E-state index contributed by atoms with van der Waals surface area (Å²) in [6.45, 7) is 7.79. The van der Waals surface area contributed by atoms with E-state index in [-0.39, 0.29) is 18.5 Å². The number of terminal acetylenes is 1. The highest BCUT2D eigenvalue weighted by Crippen LogP contribution is 2.38. The first-order valence-corrected chi connectivity index (χ1v) is 9.89. The van der Waals surface area contributed by atoms with E-state index in [0.29, 0.717) is 0 Å². The van der Waals surface area contributed by atoms with Crippen LogP contribution < -0.4 is 5.73 Å². The molecule has 0 fully saturated rings. The molecule has 0 aromatic rings. The van der Waals surface area contributed by atoms with Crippen LogP contribution in [0, 0.1) is 18.3 Å². The van der Waals surface area contributed by atoms with E-state index in [9.17, 15) is 0 Å². The van der Waals surface area contributed by atoms with Gasteiger partial charge in [0.25, 0.3) is 0 Å². The quantitative estimate of drug-likeness (QED) is 0.486. The lowest BCUT2D eigenvalue weighted by atomic mass is 9.77. The highest BCUT2D eigenvalue weighted by Gasteiger charge is 2.39. The third kappa shape index (κ3) is 5.09. The van der Waals surface area contributed by atoms with E-state index in [0.717, 1.165) is 40.8 Å². The van der Waals surface area contributed by atoms with Gasteiger partial charge in [-0.3, -0.25) is 4.99 Å². The standard InChI is InChI=1S/C25H31FN2/c1-6-19(7-2)14-15-20(16-21(27)8-3)18(4)24-22-12-10-9-11-13-23(22)25(5,26)17-28-24/h1,7,9-15,21-22H,8,16-17,27H2,2-5H3/b15-14-,19-7-,20-18+/t21?,22-,25-/m0/s1. The molecule has 3 atom stereocenters. The van der Waals surface area contributed by atoms with Gasteiger partial charge in [-0.15, -0.1) is 6.42 Å².